The van der Waals surface area contributed by atoms with E-state index in [4.69, 9.17) is 32.8 Å². The van der Waals surface area contributed by atoms with Gasteiger partial charge >= 0.3 is 0 Å². The zero-order valence-electron chi connectivity index (χ0n) is 28.0. The summed E-state index contributed by atoms with van der Waals surface area (Å²) in [5.74, 6) is -3.72. The van der Waals surface area contributed by atoms with E-state index in [1.807, 2.05) is 0 Å². The Labute approximate surface area is 303 Å². The van der Waals surface area contributed by atoms with Crippen molar-refractivity contribution in [3.8, 4) is 40.1 Å². The van der Waals surface area contributed by atoms with Crippen molar-refractivity contribution in [3.63, 3.8) is 0 Å². The number of rotatable bonds is 9. The van der Waals surface area contributed by atoms with Crippen LogP contribution in [0.2, 0.25) is 0 Å². The molecule has 2 aromatic carbocycles. The summed E-state index contributed by atoms with van der Waals surface area (Å²) in [7, 11) is 0. The molecule has 0 bridgehead atoms. The van der Waals surface area contributed by atoms with Gasteiger partial charge in [-0.2, -0.15) is 0 Å². The van der Waals surface area contributed by atoms with Gasteiger partial charge in [0.2, 0.25) is 17.5 Å². The Morgan fingerprint density at radius 2 is 1.31 bits per heavy atom. The molecule has 3 aliphatic rings. The monoisotopic (exact) mass is 772 g/mol. The third-order valence-corrected chi connectivity index (χ3v) is 9.40. The maximum Gasteiger partial charge on any atom is 0.239 e. The van der Waals surface area contributed by atoms with Gasteiger partial charge in [-0.15, -0.1) is 0 Å². The molecule has 3 saturated heterocycles. The van der Waals surface area contributed by atoms with Gasteiger partial charge in [0.05, 0.1) is 19.3 Å². The number of phenols is 4. The molecule has 4 heterocycles. The lowest BCUT2D eigenvalue weighted by atomic mass is 9.96. The molecule has 54 heavy (non-hydrogen) atoms. The Kier molecular flexibility index (Phi) is 11.5. The van der Waals surface area contributed by atoms with E-state index < -0.39 is 151 Å². The highest BCUT2D eigenvalue weighted by Crippen LogP contribution is 2.40. The lowest BCUT2D eigenvalue weighted by Gasteiger charge is -2.46. The van der Waals surface area contributed by atoms with Crippen molar-refractivity contribution in [1.82, 2.24) is 0 Å². The first-order valence-corrected chi connectivity index (χ1v) is 16.5. The van der Waals surface area contributed by atoms with Gasteiger partial charge in [0.25, 0.3) is 0 Å². The minimum Gasteiger partial charge on any atom is -0.508 e. The van der Waals surface area contributed by atoms with Crippen LogP contribution in [-0.2, 0) is 23.7 Å². The van der Waals surface area contributed by atoms with E-state index in [0.717, 1.165) is 24.3 Å². The van der Waals surface area contributed by atoms with Crippen LogP contribution in [0.15, 0.2) is 39.5 Å². The van der Waals surface area contributed by atoms with E-state index in [0.29, 0.717) is 0 Å². The van der Waals surface area contributed by atoms with Crippen LogP contribution in [0.4, 0.5) is 0 Å². The maximum atomic E-state index is 13.9. The average Bonchev–Trinajstić information content (AvgIpc) is 3.13. The highest BCUT2D eigenvalue weighted by molar-refractivity contribution is 5.88. The summed E-state index contributed by atoms with van der Waals surface area (Å²) in [6.45, 7) is -0.219. The molecule has 3 aliphatic heterocycles. The molecule has 21 nitrogen and oxygen atoms in total. The Morgan fingerprint density at radius 3 is 2.00 bits per heavy atom. The highest BCUT2D eigenvalue weighted by atomic mass is 16.8. The number of hydrogen-bond acceptors (Lipinski definition) is 21. The zero-order valence-corrected chi connectivity index (χ0v) is 28.0. The first-order valence-electron chi connectivity index (χ1n) is 16.5. The van der Waals surface area contributed by atoms with Crippen LogP contribution in [0.3, 0.4) is 0 Å². The highest BCUT2D eigenvalue weighted by Gasteiger charge is 2.52. The maximum absolute atomic E-state index is 13.9. The smallest absolute Gasteiger partial charge is 0.239 e. The van der Waals surface area contributed by atoms with Gasteiger partial charge in [0.15, 0.2) is 29.8 Å². The fraction of sp³-hybridized carbons (Fsp3) is 0.545. The molecule has 3 aromatic rings. The molecule has 0 spiro atoms. The number of fused-ring (bicyclic) bond motifs is 1. The molecule has 0 radical (unpaired) electrons. The predicted octanol–water partition coefficient (Wildman–Crippen LogP) is -3.86. The lowest BCUT2D eigenvalue weighted by Crippen LogP contribution is -2.65. The SMILES string of the molecule is C[C@@H]1O[C@@H](OC[C@H]2OC(Oc3c(-c4ccc(O)c(O)c4)oc4cc(O)cc(O)c4c3=O)[C@H](O)[C@@H](O)[C@@H]2OC2O[C@H](CO)[C@@H](O)[C@H](O)[C@H]2O)[C@H](O)[C@H](O)[C@H]1O. The minimum atomic E-state index is -2.16. The summed E-state index contributed by atoms with van der Waals surface area (Å²) in [5, 5.41) is 134. The Morgan fingerprint density at radius 1 is 0.667 bits per heavy atom. The Hall–Kier alpha value is -3.91. The van der Waals surface area contributed by atoms with Gasteiger partial charge < -0.3 is 99.2 Å². The molecule has 2 unspecified atom stereocenters. The normalized spacial score (nSPS) is 37.3. The Bertz CT molecular complexity index is 1850. The lowest BCUT2D eigenvalue weighted by molar-refractivity contribution is -0.359. The fourth-order valence-electron chi connectivity index (χ4n) is 6.33. The molecule has 13 N–H and O–H groups in total. The van der Waals surface area contributed by atoms with E-state index in [1.165, 1.54) is 13.0 Å². The molecule has 3 fully saturated rings. The summed E-state index contributed by atoms with van der Waals surface area (Å²) >= 11 is 0. The molecule has 0 saturated carbocycles. The van der Waals surface area contributed by atoms with Crippen LogP contribution in [0.25, 0.3) is 22.3 Å². The van der Waals surface area contributed by atoms with Crippen molar-refractivity contribution in [2.24, 2.45) is 0 Å². The van der Waals surface area contributed by atoms with Crippen molar-refractivity contribution in [3.05, 3.63) is 40.6 Å². The number of benzene rings is 2. The fourth-order valence-corrected chi connectivity index (χ4v) is 6.33. The van der Waals surface area contributed by atoms with E-state index in [9.17, 15) is 71.2 Å². The second kappa shape index (κ2) is 15.7. The molecule has 6 rings (SSSR count). The second-order valence-electron chi connectivity index (χ2n) is 13.1. The van der Waals surface area contributed by atoms with Gasteiger partial charge in [-0.05, 0) is 25.1 Å². The molecule has 0 amide bonds. The van der Waals surface area contributed by atoms with Crippen LogP contribution < -0.4 is 10.2 Å². The van der Waals surface area contributed by atoms with E-state index in [2.05, 4.69) is 0 Å². The van der Waals surface area contributed by atoms with E-state index in [-0.39, 0.29) is 11.1 Å². The number of phenolic OH excluding ortho intramolecular Hbond substituents is 4. The summed E-state index contributed by atoms with van der Waals surface area (Å²) in [5.41, 5.74) is -1.56. The molecule has 298 valence electrons. The molecule has 21 heteroatoms. The standard InChI is InChI=1S/C33H40O21/c1-9-19(39)22(42)25(45)31(49-9)48-8-17-29(53-32-26(46)23(43)20(40)16(7-34)51-32)24(44)27(47)33(52-17)54-30-21(41)18-14(38)5-11(35)6-15(18)50-28(30)10-2-3-12(36)13(37)4-10/h2-6,9,16-17,19-20,22-27,29,31-40,42-47H,7-8H2,1H3/t9-,16+,17+,19-,20+,22+,23-,24+,25+,26+,27+,29+,31+,32?,33?/m0/s1. The molecular formula is C33H40O21. The molecular weight excluding hydrogens is 732 g/mol. The third kappa shape index (κ3) is 7.39. The average molecular weight is 773 g/mol. The van der Waals surface area contributed by atoms with Crippen LogP contribution >= 0.6 is 0 Å². The summed E-state index contributed by atoms with van der Waals surface area (Å²) in [6, 6.07) is 5.04. The summed E-state index contributed by atoms with van der Waals surface area (Å²) in [4.78, 5) is 13.9. The van der Waals surface area contributed by atoms with Crippen LogP contribution in [-0.4, -0.2) is 172 Å². The Balaban J connectivity index is 1.37. The first kappa shape index (κ1) is 39.8. The van der Waals surface area contributed by atoms with Crippen molar-refractivity contribution in [2.75, 3.05) is 13.2 Å². The van der Waals surface area contributed by atoms with Crippen molar-refractivity contribution in [2.45, 2.75) is 99.0 Å². The predicted molar refractivity (Wildman–Crippen MR) is 173 cm³/mol. The van der Waals surface area contributed by atoms with Gasteiger partial charge in [-0.1, -0.05) is 0 Å². The minimum absolute atomic E-state index is 0.102. The van der Waals surface area contributed by atoms with E-state index >= 15 is 0 Å². The van der Waals surface area contributed by atoms with Crippen molar-refractivity contribution >= 4 is 11.0 Å². The molecule has 15 atom stereocenters. The number of aliphatic hydroxyl groups excluding tert-OH is 9. The van der Waals surface area contributed by atoms with Gasteiger partial charge in [-0.25, -0.2) is 0 Å². The number of hydrogen-bond donors (Lipinski definition) is 13. The number of ether oxygens (including phenoxy) is 6. The first-order chi connectivity index (χ1) is 25.5. The van der Waals surface area contributed by atoms with Gasteiger partial charge in [0.1, 0.15) is 89.6 Å². The number of aromatic hydroxyl groups is 4. The topological polar surface area (TPSA) is 349 Å². The molecule has 1 aromatic heterocycles. The zero-order chi connectivity index (χ0) is 39.3. The summed E-state index contributed by atoms with van der Waals surface area (Å²) < 4.78 is 39.8. The van der Waals surface area contributed by atoms with E-state index in [1.54, 1.807) is 0 Å². The van der Waals surface area contributed by atoms with Crippen LogP contribution in [0.1, 0.15) is 6.92 Å². The van der Waals surface area contributed by atoms with Crippen LogP contribution in [0.5, 0.6) is 28.7 Å². The second-order valence-corrected chi connectivity index (χ2v) is 13.1. The van der Waals surface area contributed by atoms with Crippen molar-refractivity contribution in [1.29, 1.82) is 0 Å². The number of aliphatic hydroxyl groups is 9. The molecule has 0 aliphatic carbocycles. The van der Waals surface area contributed by atoms with Gasteiger partial charge in [-0.3, -0.25) is 4.79 Å². The largest absolute Gasteiger partial charge is 0.508 e. The van der Waals surface area contributed by atoms with Crippen molar-refractivity contribution < 1.29 is 99.2 Å². The third-order valence-electron chi connectivity index (χ3n) is 9.40. The quantitative estimate of drug-likeness (QED) is 0.0925. The van der Waals surface area contributed by atoms with Crippen LogP contribution in [0, 0.1) is 0 Å². The van der Waals surface area contributed by atoms with Gasteiger partial charge in [0, 0.05) is 17.7 Å². The summed E-state index contributed by atoms with van der Waals surface area (Å²) in [6.07, 6.45) is -26.5.